The molecule has 1 amide bonds. The van der Waals surface area contributed by atoms with Crippen LogP contribution in [0, 0.1) is 0 Å². The minimum atomic E-state index is -3.31. The van der Waals surface area contributed by atoms with Gasteiger partial charge in [-0.3, -0.25) is 4.79 Å². The van der Waals surface area contributed by atoms with E-state index in [0.29, 0.717) is 18.5 Å². The second kappa shape index (κ2) is 5.85. The van der Waals surface area contributed by atoms with Gasteiger partial charge < -0.3 is 10.0 Å². The van der Waals surface area contributed by atoms with Crippen molar-refractivity contribution in [3.8, 4) is 0 Å². The lowest BCUT2D eigenvalue weighted by Crippen LogP contribution is -2.47. The Morgan fingerprint density at radius 3 is 2.33 bits per heavy atom. The lowest BCUT2D eigenvalue weighted by molar-refractivity contribution is -0.143. The first-order valence-electron chi connectivity index (χ1n) is 6.64. The molecule has 1 aromatic rings. The molecule has 0 bridgehead atoms. The fraction of sp³-hybridized carbons (Fsp3) is 0.429. The van der Waals surface area contributed by atoms with Crippen molar-refractivity contribution in [2.24, 2.45) is 0 Å². The number of likely N-dealkylation sites (tertiary alicyclic amines) is 1. The predicted octanol–water partition coefficient (Wildman–Crippen LogP) is 1.17. The summed E-state index contributed by atoms with van der Waals surface area (Å²) in [5.41, 5.74) is 0.301. The van der Waals surface area contributed by atoms with Crippen molar-refractivity contribution >= 4 is 21.7 Å². The van der Waals surface area contributed by atoms with Gasteiger partial charge >= 0.3 is 5.97 Å². The minimum absolute atomic E-state index is 0.132. The summed E-state index contributed by atoms with van der Waals surface area (Å²) in [6, 6.07) is 4.77. The van der Waals surface area contributed by atoms with Crippen molar-refractivity contribution in [2.75, 3.05) is 12.8 Å². The van der Waals surface area contributed by atoms with Crippen LogP contribution in [0.25, 0.3) is 0 Å². The second-order valence-electron chi connectivity index (χ2n) is 5.14. The third-order valence-corrected chi connectivity index (χ3v) is 4.71. The molecule has 1 N–H and O–H groups in total. The first-order chi connectivity index (χ1) is 9.80. The maximum atomic E-state index is 12.4. The number of hydrogen-bond donors (Lipinski definition) is 1. The number of carboxylic acid groups (broad SMARTS) is 1. The van der Waals surface area contributed by atoms with Crippen LogP contribution in [0.3, 0.4) is 0 Å². The highest BCUT2D eigenvalue weighted by Crippen LogP contribution is 2.20. The van der Waals surface area contributed by atoms with Gasteiger partial charge in [0.05, 0.1) is 4.90 Å². The van der Waals surface area contributed by atoms with E-state index < -0.39 is 21.8 Å². The Morgan fingerprint density at radius 2 is 1.81 bits per heavy atom. The van der Waals surface area contributed by atoms with Crippen molar-refractivity contribution in [3.63, 3.8) is 0 Å². The fourth-order valence-electron chi connectivity index (χ4n) is 2.44. The number of nitrogens with zero attached hydrogens (tertiary/aromatic N) is 1. The number of amides is 1. The Bertz CT molecular complexity index is 650. The molecule has 0 aromatic heterocycles. The van der Waals surface area contributed by atoms with Crippen molar-refractivity contribution in [2.45, 2.75) is 30.2 Å². The van der Waals surface area contributed by atoms with Gasteiger partial charge in [0.15, 0.2) is 9.84 Å². The number of hydrogen-bond acceptors (Lipinski definition) is 4. The summed E-state index contributed by atoms with van der Waals surface area (Å²) < 4.78 is 22.8. The number of piperidine rings is 1. The molecular weight excluding hydrogens is 294 g/mol. The van der Waals surface area contributed by atoms with Gasteiger partial charge in [-0.05, 0) is 43.5 Å². The van der Waals surface area contributed by atoms with Crippen molar-refractivity contribution < 1.29 is 23.1 Å². The highest BCUT2D eigenvalue weighted by molar-refractivity contribution is 7.90. The van der Waals surface area contributed by atoms with Gasteiger partial charge in [-0.1, -0.05) is 0 Å². The van der Waals surface area contributed by atoms with Crippen LogP contribution in [-0.2, 0) is 14.6 Å². The molecule has 0 saturated carbocycles. The molecule has 1 heterocycles. The Morgan fingerprint density at radius 1 is 1.19 bits per heavy atom. The molecule has 1 atom stereocenters. The molecular formula is C14H17NO5S. The zero-order chi connectivity index (χ0) is 15.6. The Kier molecular flexibility index (Phi) is 4.32. The highest BCUT2D eigenvalue weighted by atomic mass is 32.2. The van der Waals surface area contributed by atoms with Gasteiger partial charge in [-0.25, -0.2) is 13.2 Å². The van der Waals surface area contributed by atoms with Crippen molar-refractivity contribution in [3.05, 3.63) is 29.8 Å². The summed E-state index contributed by atoms with van der Waals surface area (Å²) in [5, 5.41) is 9.18. The van der Waals surface area contributed by atoms with Crippen LogP contribution in [0.15, 0.2) is 29.2 Å². The van der Waals surface area contributed by atoms with Gasteiger partial charge in [0.25, 0.3) is 5.91 Å². The van der Waals surface area contributed by atoms with Gasteiger partial charge in [-0.2, -0.15) is 0 Å². The van der Waals surface area contributed by atoms with Crippen LogP contribution in [0.4, 0.5) is 0 Å². The summed E-state index contributed by atoms with van der Waals surface area (Å²) in [5.74, 6) is -1.38. The van der Waals surface area contributed by atoms with E-state index in [1.54, 1.807) is 0 Å². The smallest absolute Gasteiger partial charge is 0.326 e. The number of benzene rings is 1. The second-order valence-corrected chi connectivity index (χ2v) is 7.16. The molecule has 1 saturated heterocycles. The summed E-state index contributed by atoms with van der Waals surface area (Å²) in [6.45, 7) is 0.406. The van der Waals surface area contributed by atoms with Crippen LogP contribution < -0.4 is 0 Å². The number of rotatable bonds is 3. The SMILES string of the molecule is CS(=O)(=O)c1ccc(C(=O)N2CCCC[C@H]2C(=O)O)cc1. The first kappa shape index (κ1) is 15.5. The number of aliphatic carboxylic acids is 1. The lowest BCUT2D eigenvalue weighted by atomic mass is 10.0. The molecule has 0 radical (unpaired) electrons. The van der Waals surface area contributed by atoms with Crippen LogP contribution in [0.5, 0.6) is 0 Å². The molecule has 0 spiro atoms. The van der Waals surface area contributed by atoms with Crippen LogP contribution in [0.1, 0.15) is 29.6 Å². The molecule has 1 aromatic carbocycles. The van der Waals surface area contributed by atoms with E-state index >= 15 is 0 Å². The summed E-state index contributed by atoms with van der Waals surface area (Å²) >= 11 is 0. The van der Waals surface area contributed by atoms with E-state index in [1.165, 1.54) is 29.2 Å². The minimum Gasteiger partial charge on any atom is -0.480 e. The Labute approximate surface area is 123 Å². The van der Waals surface area contributed by atoms with Crippen molar-refractivity contribution in [1.29, 1.82) is 0 Å². The summed E-state index contributed by atoms with van der Waals surface area (Å²) in [7, 11) is -3.31. The monoisotopic (exact) mass is 311 g/mol. The largest absolute Gasteiger partial charge is 0.480 e. The molecule has 1 fully saturated rings. The van der Waals surface area contributed by atoms with Gasteiger partial charge in [0, 0.05) is 18.4 Å². The maximum Gasteiger partial charge on any atom is 0.326 e. The van der Waals surface area contributed by atoms with E-state index in [4.69, 9.17) is 0 Å². The Balaban J connectivity index is 2.24. The molecule has 0 aliphatic carbocycles. The van der Waals surface area contributed by atoms with Gasteiger partial charge in [-0.15, -0.1) is 0 Å². The zero-order valence-corrected chi connectivity index (χ0v) is 12.5. The topological polar surface area (TPSA) is 91.8 Å². The normalized spacial score (nSPS) is 19.3. The average Bonchev–Trinajstić information content (AvgIpc) is 2.45. The molecule has 2 rings (SSSR count). The predicted molar refractivity (Wildman–Crippen MR) is 75.9 cm³/mol. The number of sulfone groups is 1. The fourth-order valence-corrected chi connectivity index (χ4v) is 3.07. The van der Waals surface area contributed by atoms with Crippen LogP contribution in [0.2, 0.25) is 0 Å². The highest BCUT2D eigenvalue weighted by Gasteiger charge is 2.32. The first-order valence-corrected chi connectivity index (χ1v) is 8.54. The van der Waals surface area contributed by atoms with E-state index in [9.17, 15) is 23.1 Å². The van der Waals surface area contributed by atoms with E-state index in [0.717, 1.165) is 19.1 Å². The molecule has 7 heteroatoms. The van der Waals surface area contributed by atoms with E-state index in [1.807, 2.05) is 0 Å². The number of carbonyl (C=O) groups is 2. The molecule has 1 aliphatic heterocycles. The molecule has 114 valence electrons. The molecule has 0 unspecified atom stereocenters. The van der Waals surface area contributed by atoms with E-state index in [-0.39, 0.29) is 10.8 Å². The third kappa shape index (κ3) is 3.41. The van der Waals surface area contributed by atoms with Crippen LogP contribution >= 0.6 is 0 Å². The van der Waals surface area contributed by atoms with Gasteiger partial charge in [0.2, 0.25) is 0 Å². The van der Waals surface area contributed by atoms with E-state index in [2.05, 4.69) is 0 Å². The van der Waals surface area contributed by atoms with Crippen molar-refractivity contribution in [1.82, 2.24) is 4.90 Å². The zero-order valence-electron chi connectivity index (χ0n) is 11.7. The number of carboxylic acids is 1. The summed E-state index contributed by atoms with van der Waals surface area (Å²) in [4.78, 5) is 25.1. The Hall–Kier alpha value is -1.89. The summed E-state index contributed by atoms with van der Waals surface area (Å²) in [6.07, 6.45) is 3.10. The van der Waals surface area contributed by atoms with Gasteiger partial charge in [0.1, 0.15) is 6.04 Å². The maximum absolute atomic E-state index is 12.4. The number of carbonyl (C=O) groups excluding carboxylic acids is 1. The standard InChI is InChI=1S/C14H17NO5S/c1-21(19,20)11-7-5-10(6-8-11)13(16)15-9-3-2-4-12(15)14(17)18/h5-8,12H,2-4,9H2,1H3,(H,17,18)/t12-/m0/s1. The molecule has 6 nitrogen and oxygen atoms in total. The molecule has 1 aliphatic rings. The quantitative estimate of drug-likeness (QED) is 0.904. The third-order valence-electron chi connectivity index (χ3n) is 3.58. The molecule has 21 heavy (non-hydrogen) atoms. The lowest BCUT2D eigenvalue weighted by Gasteiger charge is -2.33. The average molecular weight is 311 g/mol. The van der Waals surface area contributed by atoms with Crippen LogP contribution in [-0.4, -0.2) is 49.1 Å².